The molecule has 1 saturated carbocycles. The van der Waals surface area contributed by atoms with Gasteiger partial charge < -0.3 is 5.32 Å². The first kappa shape index (κ1) is 11.2. The number of hydrogen-bond acceptors (Lipinski definition) is 1. The second-order valence-electron chi connectivity index (χ2n) is 4.40. The van der Waals surface area contributed by atoms with Crippen LogP contribution in [-0.2, 0) is 6.54 Å². The molecular weight excluding hydrogens is 250 g/mol. The largest absolute Gasteiger partial charge is 0.310 e. The molecule has 1 aromatic carbocycles. The lowest BCUT2D eigenvalue weighted by Gasteiger charge is -2.04. The molecule has 0 radical (unpaired) electrons. The van der Waals surface area contributed by atoms with Crippen LogP contribution >= 0.6 is 15.9 Å². The third-order valence-electron chi connectivity index (χ3n) is 3.04. The molecule has 2 unspecified atom stereocenters. The Balaban J connectivity index is 1.75. The van der Waals surface area contributed by atoms with Gasteiger partial charge in [-0.05, 0) is 36.5 Å². The Kier molecular flexibility index (Phi) is 3.81. The van der Waals surface area contributed by atoms with Crippen LogP contribution in [0.4, 0.5) is 0 Å². The number of hydrogen-bond donors (Lipinski definition) is 1. The van der Waals surface area contributed by atoms with Crippen molar-refractivity contribution in [3.63, 3.8) is 0 Å². The van der Waals surface area contributed by atoms with Gasteiger partial charge in [0.15, 0.2) is 0 Å². The number of rotatable bonds is 5. The summed E-state index contributed by atoms with van der Waals surface area (Å²) in [5.74, 6) is 0.946. The van der Waals surface area contributed by atoms with Crippen LogP contribution in [0.5, 0.6) is 0 Å². The van der Waals surface area contributed by atoms with Crippen LogP contribution in [-0.4, -0.2) is 6.04 Å². The number of halogens is 1. The molecule has 1 nitrogen and oxygen atoms in total. The van der Waals surface area contributed by atoms with Crippen molar-refractivity contribution in [1.82, 2.24) is 5.32 Å². The van der Waals surface area contributed by atoms with Crippen molar-refractivity contribution in [2.75, 3.05) is 0 Å². The molecule has 2 heteroatoms. The highest BCUT2D eigenvalue weighted by atomic mass is 79.9. The maximum atomic E-state index is 3.61. The van der Waals surface area contributed by atoms with Gasteiger partial charge in [0.1, 0.15) is 0 Å². The molecule has 0 saturated heterocycles. The molecule has 1 fully saturated rings. The molecule has 0 aliphatic heterocycles. The summed E-state index contributed by atoms with van der Waals surface area (Å²) in [7, 11) is 0. The first-order valence-corrected chi connectivity index (χ1v) is 6.56. The lowest BCUT2D eigenvalue weighted by Crippen LogP contribution is -2.17. The van der Waals surface area contributed by atoms with Gasteiger partial charge in [-0.3, -0.25) is 0 Å². The molecule has 82 valence electrons. The molecule has 1 aliphatic carbocycles. The smallest absolute Gasteiger partial charge is 0.0208 e. The Hall–Kier alpha value is -0.340. The first-order valence-electron chi connectivity index (χ1n) is 5.77. The Morgan fingerprint density at radius 1 is 1.47 bits per heavy atom. The summed E-state index contributed by atoms with van der Waals surface area (Å²) in [5, 5.41) is 3.61. The molecule has 2 rings (SSSR count). The predicted molar refractivity (Wildman–Crippen MR) is 67.8 cm³/mol. The van der Waals surface area contributed by atoms with Crippen molar-refractivity contribution in [2.45, 2.75) is 38.8 Å². The molecule has 1 aliphatic rings. The van der Waals surface area contributed by atoms with E-state index >= 15 is 0 Å². The average Bonchev–Trinajstić information content (AvgIpc) is 2.95. The predicted octanol–water partition coefficient (Wildman–Crippen LogP) is 3.73. The van der Waals surface area contributed by atoms with Crippen LogP contribution in [0.25, 0.3) is 0 Å². The monoisotopic (exact) mass is 267 g/mol. The highest BCUT2D eigenvalue weighted by Gasteiger charge is 2.35. The summed E-state index contributed by atoms with van der Waals surface area (Å²) < 4.78 is 1.17. The highest BCUT2D eigenvalue weighted by Crippen LogP contribution is 2.34. The summed E-state index contributed by atoms with van der Waals surface area (Å²) in [6.07, 6.45) is 4.08. The molecule has 0 spiro atoms. The van der Waals surface area contributed by atoms with Crippen LogP contribution in [0.3, 0.4) is 0 Å². The minimum atomic E-state index is 0.781. The van der Waals surface area contributed by atoms with Crippen molar-refractivity contribution < 1.29 is 0 Å². The Labute approximate surface area is 100 Å². The summed E-state index contributed by atoms with van der Waals surface area (Å²) in [6, 6.07) is 9.31. The maximum absolute atomic E-state index is 3.61. The van der Waals surface area contributed by atoms with Crippen LogP contribution in [0.2, 0.25) is 0 Å². The molecule has 15 heavy (non-hydrogen) atoms. The van der Waals surface area contributed by atoms with Crippen LogP contribution in [0.1, 0.15) is 31.7 Å². The first-order chi connectivity index (χ1) is 7.29. The van der Waals surface area contributed by atoms with Crippen molar-refractivity contribution in [1.29, 1.82) is 0 Å². The van der Waals surface area contributed by atoms with E-state index in [0.29, 0.717) is 0 Å². The van der Waals surface area contributed by atoms with Gasteiger partial charge in [-0.15, -0.1) is 0 Å². The van der Waals surface area contributed by atoms with E-state index in [-0.39, 0.29) is 0 Å². The lowest BCUT2D eigenvalue weighted by molar-refractivity contribution is 0.599. The van der Waals surface area contributed by atoms with Crippen molar-refractivity contribution >= 4 is 15.9 Å². The molecule has 0 heterocycles. The summed E-state index contributed by atoms with van der Waals surface area (Å²) >= 11 is 3.49. The molecule has 2 atom stereocenters. The van der Waals surface area contributed by atoms with Gasteiger partial charge in [-0.25, -0.2) is 0 Å². The fraction of sp³-hybridized carbons (Fsp3) is 0.538. The van der Waals surface area contributed by atoms with E-state index < -0.39 is 0 Å². The van der Waals surface area contributed by atoms with Crippen molar-refractivity contribution in [2.24, 2.45) is 5.92 Å². The minimum absolute atomic E-state index is 0.781. The summed E-state index contributed by atoms with van der Waals surface area (Å²) in [4.78, 5) is 0. The van der Waals surface area contributed by atoms with Crippen molar-refractivity contribution in [3.05, 3.63) is 34.3 Å². The second-order valence-corrected chi connectivity index (χ2v) is 5.32. The van der Waals surface area contributed by atoms with Crippen molar-refractivity contribution in [3.8, 4) is 0 Å². The third-order valence-corrected chi connectivity index (χ3v) is 3.53. The third kappa shape index (κ3) is 3.32. The van der Waals surface area contributed by atoms with E-state index in [2.05, 4.69) is 52.4 Å². The Morgan fingerprint density at radius 3 is 3.07 bits per heavy atom. The van der Waals surface area contributed by atoms with E-state index in [9.17, 15) is 0 Å². The van der Waals surface area contributed by atoms with Crippen LogP contribution in [0, 0.1) is 5.92 Å². The van der Waals surface area contributed by atoms with Gasteiger partial charge in [0, 0.05) is 17.1 Å². The van der Waals surface area contributed by atoms with Gasteiger partial charge in [0.05, 0.1) is 0 Å². The zero-order chi connectivity index (χ0) is 10.7. The minimum Gasteiger partial charge on any atom is -0.310 e. The molecule has 1 aromatic rings. The fourth-order valence-corrected chi connectivity index (χ4v) is 2.53. The Morgan fingerprint density at radius 2 is 2.33 bits per heavy atom. The fourth-order valence-electron chi connectivity index (χ4n) is 2.08. The highest BCUT2D eigenvalue weighted by molar-refractivity contribution is 9.10. The van der Waals surface area contributed by atoms with Crippen LogP contribution in [0.15, 0.2) is 28.7 Å². The summed E-state index contributed by atoms with van der Waals surface area (Å²) in [5.41, 5.74) is 1.37. The van der Waals surface area contributed by atoms with Gasteiger partial charge >= 0.3 is 0 Å². The van der Waals surface area contributed by atoms with Gasteiger partial charge in [0.2, 0.25) is 0 Å². The molecule has 1 N–H and O–H groups in total. The van der Waals surface area contributed by atoms with E-state index in [4.69, 9.17) is 0 Å². The average molecular weight is 268 g/mol. The Bertz CT molecular complexity index is 324. The van der Waals surface area contributed by atoms with E-state index in [1.807, 2.05) is 0 Å². The zero-order valence-electron chi connectivity index (χ0n) is 9.17. The van der Waals surface area contributed by atoms with E-state index in [1.54, 1.807) is 0 Å². The molecular formula is C13H18BrN. The molecule has 0 amide bonds. The van der Waals surface area contributed by atoms with Crippen LogP contribution < -0.4 is 5.32 Å². The summed E-state index contributed by atoms with van der Waals surface area (Å²) in [6.45, 7) is 3.27. The second kappa shape index (κ2) is 5.13. The molecule has 0 aromatic heterocycles. The van der Waals surface area contributed by atoms with E-state index in [1.165, 1.54) is 29.3 Å². The standard InChI is InChI=1S/C13H18BrN/c1-2-4-11-8-13(11)15-9-10-5-3-6-12(14)7-10/h3,5-7,11,13,15H,2,4,8-9H2,1H3. The number of nitrogens with one attached hydrogen (secondary N) is 1. The van der Waals surface area contributed by atoms with Gasteiger partial charge in [-0.2, -0.15) is 0 Å². The topological polar surface area (TPSA) is 12.0 Å². The lowest BCUT2D eigenvalue weighted by atomic mass is 10.2. The maximum Gasteiger partial charge on any atom is 0.0208 e. The normalized spacial score (nSPS) is 24.1. The van der Waals surface area contributed by atoms with E-state index in [0.717, 1.165) is 18.5 Å². The number of benzene rings is 1. The zero-order valence-corrected chi connectivity index (χ0v) is 10.8. The SMILES string of the molecule is CCCC1CC1NCc1cccc(Br)c1. The van der Waals surface area contributed by atoms with Gasteiger partial charge in [0.25, 0.3) is 0 Å². The van der Waals surface area contributed by atoms with Gasteiger partial charge in [-0.1, -0.05) is 41.4 Å². The quantitative estimate of drug-likeness (QED) is 0.858. The molecule has 0 bridgehead atoms.